The average molecular weight is 222 g/mol. The second-order valence-corrected chi connectivity index (χ2v) is 5.30. The number of rotatable bonds is 3. The molecule has 0 unspecified atom stereocenters. The first-order valence-corrected chi connectivity index (χ1v) is 6.25. The highest BCUT2D eigenvalue weighted by atomic mass is 32.1. The zero-order valence-corrected chi connectivity index (χ0v) is 10.4. The van der Waals surface area contributed by atoms with Crippen LogP contribution in [-0.2, 0) is 5.54 Å². The molecule has 0 aromatic carbocycles. The van der Waals surface area contributed by atoms with Gasteiger partial charge in [-0.15, -0.1) is 11.3 Å². The van der Waals surface area contributed by atoms with E-state index < -0.39 is 0 Å². The van der Waals surface area contributed by atoms with Crippen molar-refractivity contribution in [1.82, 2.24) is 9.80 Å². The lowest BCUT2D eigenvalue weighted by molar-refractivity contribution is 0.152. The third-order valence-electron chi connectivity index (χ3n) is 3.04. The van der Waals surface area contributed by atoms with E-state index in [1.807, 2.05) is 11.3 Å². The molecule has 82 valence electrons. The Balaban J connectivity index is 2.15. The molecule has 3 heteroatoms. The van der Waals surface area contributed by atoms with Gasteiger partial charge in [0.2, 0.25) is 0 Å². The molecule has 0 radical (unpaired) electrons. The Bertz CT molecular complexity index is 341. The van der Waals surface area contributed by atoms with Crippen LogP contribution in [0.3, 0.4) is 0 Å². The minimum atomic E-state index is 0.106. The Morgan fingerprint density at radius 1 is 1.40 bits per heavy atom. The summed E-state index contributed by atoms with van der Waals surface area (Å²) in [6, 6.07) is 4.34. The smallest absolute Gasteiger partial charge is 0.0902 e. The van der Waals surface area contributed by atoms with Crippen LogP contribution in [0.4, 0.5) is 0 Å². The molecule has 15 heavy (non-hydrogen) atoms. The van der Waals surface area contributed by atoms with Crippen molar-refractivity contribution in [2.75, 3.05) is 13.2 Å². The summed E-state index contributed by atoms with van der Waals surface area (Å²) in [7, 11) is 0. The molecule has 0 atom stereocenters. The van der Waals surface area contributed by atoms with E-state index in [0.29, 0.717) is 0 Å². The minimum Gasteiger partial charge on any atom is -0.359 e. The van der Waals surface area contributed by atoms with Crippen LogP contribution < -0.4 is 0 Å². The summed E-state index contributed by atoms with van der Waals surface area (Å²) < 4.78 is 0. The maximum atomic E-state index is 2.39. The lowest BCUT2D eigenvalue weighted by Gasteiger charge is -2.35. The SMILES string of the molecule is CCN1C=CN(C(C)(C)c2cccs2)C1. The highest BCUT2D eigenvalue weighted by Crippen LogP contribution is 2.33. The quantitative estimate of drug-likeness (QED) is 0.775. The standard InChI is InChI=1S/C12H18N2S/c1-4-13-7-8-14(10-13)12(2,3)11-6-5-9-15-11/h5-9H,4,10H2,1-3H3. The summed E-state index contributed by atoms with van der Waals surface area (Å²) in [5.74, 6) is 0. The second-order valence-electron chi connectivity index (χ2n) is 4.35. The molecule has 1 aromatic rings. The summed E-state index contributed by atoms with van der Waals surface area (Å²) in [5, 5.41) is 2.15. The molecule has 2 nitrogen and oxygen atoms in total. The Labute approximate surface area is 95.8 Å². The molecule has 1 aliphatic heterocycles. The van der Waals surface area contributed by atoms with Gasteiger partial charge in [-0.1, -0.05) is 6.07 Å². The number of hydrogen-bond acceptors (Lipinski definition) is 3. The maximum absolute atomic E-state index is 2.39. The monoisotopic (exact) mass is 222 g/mol. The van der Waals surface area contributed by atoms with Crippen molar-refractivity contribution in [3.05, 3.63) is 34.8 Å². The van der Waals surface area contributed by atoms with Gasteiger partial charge in [0.1, 0.15) is 0 Å². The van der Waals surface area contributed by atoms with E-state index in [4.69, 9.17) is 0 Å². The summed E-state index contributed by atoms with van der Waals surface area (Å²) in [4.78, 5) is 6.13. The van der Waals surface area contributed by atoms with Crippen LogP contribution in [0.1, 0.15) is 25.6 Å². The van der Waals surface area contributed by atoms with Crippen molar-refractivity contribution >= 4 is 11.3 Å². The predicted molar refractivity (Wildman–Crippen MR) is 65.6 cm³/mol. The Hall–Kier alpha value is -0.960. The molecule has 0 saturated carbocycles. The minimum absolute atomic E-state index is 0.106. The maximum Gasteiger partial charge on any atom is 0.0902 e. The van der Waals surface area contributed by atoms with E-state index in [9.17, 15) is 0 Å². The first-order valence-electron chi connectivity index (χ1n) is 5.37. The second kappa shape index (κ2) is 3.89. The summed E-state index contributed by atoms with van der Waals surface area (Å²) >= 11 is 1.83. The highest BCUT2D eigenvalue weighted by molar-refractivity contribution is 7.10. The van der Waals surface area contributed by atoms with Crippen LogP contribution in [0.25, 0.3) is 0 Å². The third kappa shape index (κ3) is 1.88. The fourth-order valence-electron chi connectivity index (χ4n) is 1.80. The molecule has 1 aliphatic rings. The van der Waals surface area contributed by atoms with Gasteiger partial charge >= 0.3 is 0 Å². The van der Waals surface area contributed by atoms with Crippen molar-refractivity contribution in [1.29, 1.82) is 0 Å². The van der Waals surface area contributed by atoms with Gasteiger partial charge in [-0.2, -0.15) is 0 Å². The molecular formula is C12H18N2S. The van der Waals surface area contributed by atoms with Crippen molar-refractivity contribution in [2.45, 2.75) is 26.3 Å². The summed E-state index contributed by atoms with van der Waals surface area (Å²) in [5.41, 5.74) is 0.106. The van der Waals surface area contributed by atoms with Crippen LogP contribution >= 0.6 is 11.3 Å². The van der Waals surface area contributed by atoms with Crippen LogP contribution in [0.15, 0.2) is 29.9 Å². The van der Waals surface area contributed by atoms with E-state index in [2.05, 4.69) is 60.5 Å². The fraction of sp³-hybridized carbons (Fsp3) is 0.500. The van der Waals surface area contributed by atoms with Gasteiger partial charge in [-0.25, -0.2) is 0 Å². The van der Waals surface area contributed by atoms with Crippen molar-refractivity contribution < 1.29 is 0 Å². The normalized spacial score (nSPS) is 16.5. The van der Waals surface area contributed by atoms with E-state index in [1.165, 1.54) is 4.88 Å². The van der Waals surface area contributed by atoms with Crippen LogP contribution in [0.5, 0.6) is 0 Å². The van der Waals surface area contributed by atoms with Gasteiger partial charge in [0.25, 0.3) is 0 Å². The van der Waals surface area contributed by atoms with Gasteiger partial charge < -0.3 is 9.80 Å². The zero-order chi connectivity index (χ0) is 10.9. The molecule has 0 amide bonds. The van der Waals surface area contributed by atoms with Crippen LogP contribution in [-0.4, -0.2) is 23.0 Å². The van der Waals surface area contributed by atoms with Gasteiger partial charge in [0.05, 0.1) is 12.2 Å². The molecule has 2 rings (SSSR count). The topological polar surface area (TPSA) is 6.48 Å². The number of thiophene rings is 1. The van der Waals surface area contributed by atoms with E-state index in [-0.39, 0.29) is 5.54 Å². The average Bonchev–Trinajstić information content (AvgIpc) is 2.89. The Kier molecular flexibility index (Phi) is 2.74. The van der Waals surface area contributed by atoms with E-state index in [1.54, 1.807) is 0 Å². The molecule has 0 fully saturated rings. The van der Waals surface area contributed by atoms with Crippen LogP contribution in [0, 0.1) is 0 Å². The lowest BCUT2D eigenvalue weighted by atomic mass is 10.0. The summed E-state index contributed by atoms with van der Waals surface area (Å²) in [6.45, 7) is 8.82. The largest absolute Gasteiger partial charge is 0.359 e. The molecule has 0 N–H and O–H groups in total. The Morgan fingerprint density at radius 3 is 2.73 bits per heavy atom. The van der Waals surface area contributed by atoms with E-state index >= 15 is 0 Å². The molecule has 1 aromatic heterocycles. The molecule has 2 heterocycles. The predicted octanol–water partition coefficient (Wildman–Crippen LogP) is 3.05. The number of nitrogens with zero attached hydrogens (tertiary/aromatic N) is 2. The molecule has 0 aliphatic carbocycles. The fourth-order valence-corrected chi connectivity index (χ4v) is 2.67. The summed E-state index contributed by atoms with van der Waals surface area (Å²) in [6.07, 6.45) is 4.37. The van der Waals surface area contributed by atoms with Crippen molar-refractivity contribution in [2.24, 2.45) is 0 Å². The van der Waals surface area contributed by atoms with Crippen molar-refractivity contribution in [3.63, 3.8) is 0 Å². The zero-order valence-electron chi connectivity index (χ0n) is 9.60. The van der Waals surface area contributed by atoms with Gasteiger partial charge in [-0.3, -0.25) is 0 Å². The van der Waals surface area contributed by atoms with E-state index in [0.717, 1.165) is 13.2 Å². The Morgan fingerprint density at radius 2 is 2.20 bits per heavy atom. The van der Waals surface area contributed by atoms with Crippen LogP contribution in [0.2, 0.25) is 0 Å². The van der Waals surface area contributed by atoms with Gasteiger partial charge in [0, 0.05) is 23.8 Å². The van der Waals surface area contributed by atoms with Crippen molar-refractivity contribution in [3.8, 4) is 0 Å². The molecule has 0 bridgehead atoms. The number of hydrogen-bond donors (Lipinski definition) is 0. The van der Waals surface area contributed by atoms with Gasteiger partial charge in [-0.05, 0) is 32.2 Å². The lowest BCUT2D eigenvalue weighted by Crippen LogP contribution is -2.39. The molecule has 0 spiro atoms. The highest BCUT2D eigenvalue weighted by Gasteiger charge is 2.30. The molecular weight excluding hydrogens is 204 g/mol. The third-order valence-corrected chi connectivity index (χ3v) is 4.22. The molecule has 0 saturated heterocycles. The van der Waals surface area contributed by atoms with Gasteiger partial charge in [0.15, 0.2) is 0 Å². The first-order chi connectivity index (χ1) is 7.14. The first kappa shape index (κ1) is 10.6.